The summed E-state index contributed by atoms with van der Waals surface area (Å²) < 4.78 is 0. The standard InChI is InChI=1S/C18H17N3O3S2/c1-11-19-14(10-25-11)18-7-13-8-20(5-4-17(13)26-18)16-6-12(9-22)2-3-15(16)21(23)24/h2-3,6-7,10,22H,4-5,8-9H2,1H3. The van der Waals surface area contributed by atoms with Crippen molar-refractivity contribution >= 4 is 34.0 Å². The number of nitro groups is 1. The van der Waals surface area contributed by atoms with Crippen molar-refractivity contribution in [2.45, 2.75) is 26.5 Å². The monoisotopic (exact) mass is 387 g/mol. The highest BCUT2D eigenvalue weighted by atomic mass is 32.1. The quantitative estimate of drug-likeness (QED) is 0.537. The van der Waals surface area contributed by atoms with Crippen molar-refractivity contribution in [2.75, 3.05) is 11.4 Å². The lowest BCUT2D eigenvalue weighted by atomic mass is 10.1. The van der Waals surface area contributed by atoms with Gasteiger partial charge in [-0.1, -0.05) is 0 Å². The molecule has 26 heavy (non-hydrogen) atoms. The number of aliphatic hydroxyl groups is 1. The average molecular weight is 387 g/mol. The van der Waals surface area contributed by atoms with E-state index in [1.165, 1.54) is 16.5 Å². The molecular formula is C18H17N3O3S2. The number of thiophene rings is 1. The first kappa shape index (κ1) is 17.1. The molecule has 8 heteroatoms. The summed E-state index contributed by atoms with van der Waals surface area (Å²) in [6, 6.07) is 6.96. The molecule has 0 atom stereocenters. The molecule has 2 aromatic heterocycles. The molecule has 0 saturated carbocycles. The first-order valence-corrected chi connectivity index (χ1v) is 9.92. The molecule has 1 aliphatic rings. The summed E-state index contributed by atoms with van der Waals surface area (Å²) in [4.78, 5) is 20.1. The molecule has 0 saturated heterocycles. The number of aliphatic hydroxyl groups excluding tert-OH is 1. The molecule has 0 spiro atoms. The molecule has 3 heterocycles. The van der Waals surface area contributed by atoms with E-state index < -0.39 is 0 Å². The molecule has 0 bridgehead atoms. The Balaban J connectivity index is 1.67. The molecule has 0 amide bonds. The van der Waals surface area contributed by atoms with Gasteiger partial charge in [0.25, 0.3) is 5.69 Å². The molecule has 1 N–H and O–H groups in total. The maximum absolute atomic E-state index is 11.4. The van der Waals surface area contributed by atoms with Crippen molar-refractivity contribution in [2.24, 2.45) is 0 Å². The van der Waals surface area contributed by atoms with E-state index in [9.17, 15) is 15.2 Å². The van der Waals surface area contributed by atoms with Crippen LogP contribution in [-0.4, -0.2) is 21.6 Å². The lowest BCUT2D eigenvalue weighted by Crippen LogP contribution is -2.30. The van der Waals surface area contributed by atoms with Gasteiger partial charge >= 0.3 is 0 Å². The van der Waals surface area contributed by atoms with Gasteiger partial charge in [0.15, 0.2) is 0 Å². The van der Waals surface area contributed by atoms with Crippen LogP contribution in [0.5, 0.6) is 0 Å². The van der Waals surface area contributed by atoms with Crippen LogP contribution in [0.1, 0.15) is 21.0 Å². The van der Waals surface area contributed by atoms with Crippen molar-refractivity contribution in [3.8, 4) is 10.6 Å². The third-order valence-corrected chi connectivity index (χ3v) is 6.53. The summed E-state index contributed by atoms with van der Waals surface area (Å²) in [7, 11) is 0. The molecule has 3 aromatic rings. The van der Waals surface area contributed by atoms with Gasteiger partial charge in [-0.2, -0.15) is 0 Å². The molecule has 134 valence electrons. The predicted octanol–water partition coefficient (Wildman–Crippen LogP) is 4.14. The minimum absolute atomic E-state index is 0.0798. The maximum Gasteiger partial charge on any atom is 0.292 e. The van der Waals surface area contributed by atoms with Gasteiger partial charge in [-0.05, 0) is 42.7 Å². The number of hydrogen-bond acceptors (Lipinski definition) is 7. The van der Waals surface area contributed by atoms with Gasteiger partial charge < -0.3 is 10.0 Å². The number of aromatic nitrogens is 1. The Morgan fingerprint density at radius 3 is 2.92 bits per heavy atom. The van der Waals surface area contributed by atoms with Gasteiger partial charge in [0, 0.05) is 29.4 Å². The molecule has 0 aliphatic carbocycles. The van der Waals surface area contributed by atoms with E-state index in [-0.39, 0.29) is 17.2 Å². The van der Waals surface area contributed by atoms with Crippen LogP contribution in [0.15, 0.2) is 29.6 Å². The first-order chi connectivity index (χ1) is 12.5. The van der Waals surface area contributed by atoms with Crippen molar-refractivity contribution in [3.63, 3.8) is 0 Å². The summed E-state index contributed by atoms with van der Waals surface area (Å²) in [6.07, 6.45) is 0.851. The number of hydrogen-bond donors (Lipinski definition) is 1. The minimum Gasteiger partial charge on any atom is -0.392 e. The van der Waals surface area contributed by atoms with Crippen LogP contribution < -0.4 is 4.90 Å². The average Bonchev–Trinajstić information content (AvgIpc) is 3.26. The van der Waals surface area contributed by atoms with E-state index in [4.69, 9.17) is 0 Å². The van der Waals surface area contributed by atoms with E-state index in [1.807, 2.05) is 11.8 Å². The fraction of sp³-hybridized carbons (Fsp3) is 0.278. The van der Waals surface area contributed by atoms with Gasteiger partial charge in [0.2, 0.25) is 0 Å². The Kier molecular flexibility index (Phi) is 4.47. The van der Waals surface area contributed by atoms with Crippen LogP contribution in [0.4, 0.5) is 11.4 Å². The summed E-state index contributed by atoms with van der Waals surface area (Å²) in [5.74, 6) is 0. The molecular weight excluding hydrogens is 370 g/mol. The van der Waals surface area contributed by atoms with Crippen molar-refractivity contribution < 1.29 is 10.0 Å². The highest BCUT2D eigenvalue weighted by molar-refractivity contribution is 7.16. The van der Waals surface area contributed by atoms with E-state index in [1.54, 1.807) is 34.8 Å². The van der Waals surface area contributed by atoms with Crippen LogP contribution in [0, 0.1) is 17.0 Å². The summed E-state index contributed by atoms with van der Waals surface area (Å²) in [6.45, 7) is 3.22. The number of aryl methyl sites for hydroxylation is 1. The number of benzene rings is 1. The number of anilines is 1. The predicted molar refractivity (Wildman–Crippen MR) is 104 cm³/mol. The van der Waals surface area contributed by atoms with Crippen molar-refractivity contribution in [1.29, 1.82) is 0 Å². The molecule has 0 radical (unpaired) electrons. The zero-order valence-corrected chi connectivity index (χ0v) is 15.8. The van der Waals surface area contributed by atoms with Gasteiger partial charge in [-0.15, -0.1) is 22.7 Å². The fourth-order valence-corrected chi connectivity index (χ4v) is 5.03. The fourth-order valence-electron chi connectivity index (χ4n) is 3.22. The van der Waals surface area contributed by atoms with Crippen molar-refractivity contribution in [3.05, 3.63) is 60.8 Å². The van der Waals surface area contributed by atoms with Crippen molar-refractivity contribution in [1.82, 2.24) is 4.98 Å². The largest absolute Gasteiger partial charge is 0.392 e. The lowest BCUT2D eigenvalue weighted by molar-refractivity contribution is -0.384. The van der Waals surface area contributed by atoms with Crippen LogP contribution in [0.3, 0.4) is 0 Å². The second kappa shape index (κ2) is 6.79. The first-order valence-electron chi connectivity index (χ1n) is 8.22. The normalized spacial score (nSPS) is 13.7. The molecule has 0 fully saturated rings. The lowest BCUT2D eigenvalue weighted by Gasteiger charge is -2.28. The SMILES string of the molecule is Cc1nc(-c2cc3c(s2)CCN(c2cc(CO)ccc2[N+](=O)[O-])C3)cs1. The van der Waals surface area contributed by atoms with Crippen LogP contribution in [0.25, 0.3) is 10.6 Å². The molecule has 1 aromatic carbocycles. The molecule has 4 rings (SSSR count). The third-order valence-electron chi connectivity index (χ3n) is 4.50. The van der Waals surface area contributed by atoms with Gasteiger partial charge in [-0.3, -0.25) is 10.1 Å². The van der Waals surface area contributed by atoms with Crippen LogP contribution in [-0.2, 0) is 19.6 Å². The van der Waals surface area contributed by atoms with Crippen LogP contribution >= 0.6 is 22.7 Å². The van der Waals surface area contributed by atoms with E-state index in [0.717, 1.165) is 28.5 Å². The summed E-state index contributed by atoms with van der Waals surface area (Å²) in [5.41, 5.74) is 3.54. The topological polar surface area (TPSA) is 79.5 Å². The summed E-state index contributed by atoms with van der Waals surface area (Å²) >= 11 is 3.40. The highest BCUT2D eigenvalue weighted by Crippen LogP contribution is 2.38. The number of rotatable bonds is 4. The van der Waals surface area contributed by atoms with E-state index in [0.29, 0.717) is 17.8 Å². The Hall–Kier alpha value is -2.29. The number of thiazole rings is 1. The summed E-state index contributed by atoms with van der Waals surface area (Å²) in [5, 5.41) is 23.9. The minimum atomic E-state index is -0.358. The smallest absolute Gasteiger partial charge is 0.292 e. The molecule has 1 aliphatic heterocycles. The Bertz CT molecular complexity index is 980. The number of nitro benzene ring substituents is 1. The second-order valence-corrected chi connectivity index (χ2v) is 8.42. The zero-order chi connectivity index (χ0) is 18.3. The maximum atomic E-state index is 11.4. The number of nitrogens with zero attached hydrogens (tertiary/aromatic N) is 3. The second-order valence-electron chi connectivity index (χ2n) is 6.22. The number of fused-ring (bicyclic) bond motifs is 1. The Morgan fingerprint density at radius 1 is 1.38 bits per heavy atom. The van der Waals surface area contributed by atoms with E-state index >= 15 is 0 Å². The third kappa shape index (κ3) is 3.11. The van der Waals surface area contributed by atoms with Gasteiger partial charge in [0.1, 0.15) is 5.69 Å². The molecule has 0 unspecified atom stereocenters. The molecule has 6 nitrogen and oxygen atoms in total. The Morgan fingerprint density at radius 2 is 2.23 bits per heavy atom. The van der Waals surface area contributed by atoms with Gasteiger partial charge in [-0.25, -0.2) is 4.98 Å². The van der Waals surface area contributed by atoms with E-state index in [2.05, 4.69) is 16.4 Å². The zero-order valence-electron chi connectivity index (χ0n) is 14.1. The van der Waals surface area contributed by atoms with Gasteiger partial charge in [0.05, 0.1) is 27.1 Å². The van der Waals surface area contributed by atoms with Crippen LogP contribution in [0.2, 0.25) is 0 Å². The highest BCUT2D eigenvalue weighted by Gasteiger charge is 2.25. The Labute approximate surface area is 158 Å².